The van der Waals surface area contributed by atoms with Gasteiger partial charge in [0.1, 0.15) is 23.1 Å². The molecule has 7 nitrogen and oxygen atoms in total. The number of aromatic nitrogens is 2. The van der Waals surface area contributed by atoms with Crippen LogP contribution in [0.25, 0.3) is 11.3 Å². The van der Waals surface area contributed by atoms with E-state index in [1.807, 2.05) is 0 Å². The van der Waals surface area contributed by atoms with E-state index in [0.29, 0.717) is 41.1 Å². The number of rotatable bonds is 7. The maximum absolute atomic E-state index is 15.1. The second-order valence-corrected chi connectivity index (χ2v) is 9.31. The van der Waals surface area contributed by atoms with Gasteiger partial charge in [0.15, 0.2) is 0 Å². The van der Waals surface area contributed by atoms with Crippen molar-refractivity contribution < 1.29 is 18.3 Å². The first-order valence-electron chi connectivity index (χ1n) is 11.3. The van der Waals surface area contributed by atoms with Gasteiger partial charge in [-0.25, -0.2) is 18.7 Å². The molecular formula is C25H26BrF2N5O2. The summed E-state index contributed by atoms with van der Waals surface area (Å²) < 4.78 is 34.9. The summed E-state index contributed by atoms with van der Waals surface area (Å²) in [5, 5.41) is 5.74. The fourth-order valence-electron chi connectivity index (χ4n) is 4.13. The Balaban J connectivity index is 1.57. The predicted octanol–water partition coefficient (Wildman–Crippen LogP) is 4.35. The van der Waals surface area contributed by atoms with Gasteiger partial charge in [0.05, 0.1) is 23.5 Å². The zero-order valence-corrected chi connectivity index (χ0v) is 20.7. The van der Waals surface area contributed by atoms with E-state index in [1.54, 1.807) is 25.4 Å². The van der Waals surface area contributed by atoms with Crippen LogP contribution < -0.4 is 16.4 Å². The molecule has 4 N–H and O–H groups in total. The van der Waals surface area contributed by atoms with Crippen LogP contribution in [0.2, 0.25) is 0 Å². The number of nitrogens with zero attached hydrogens (tertiary/aromatic N) is 2. The Morgan fingerprint density at radius 3 is 2.69 bits per heavy atom. The first kappa shape index (κ1) is 25.2. The molecule has 1 aromatic heterocycles. The summed E-state index contributed by atoms with van der Waals surface area (Å²) in [7, 11) is 1.71. The first-order chi connectivity index (χ1) is 16.9. The van der Waals surface area contributed by atoms with Crippen molar-refractivity contribution in [3.05, 3.63) is 75.5 Å². The number of amides is 1. The summed E-state index contributed by atoms with van der Waals surface area (Å²) in [6.07, 6.45) is 3.32. The predicted molar refractivity (Wildman–Crippen MR) is 133 cm³/mol. The molecule has 0 radical (unpaired) electrons. The molecular weight excluding hydrogens is 520 g/mol. The molecule has 35 heavy (non-hydrogen) atoms. The van der Waals surface area contributed by atoms with Gasteiger partial charge in [0, 0.05) is 35.7 Å². The normalized spacial score (nSPS) is 15.1. The molecule has 184 valence electrons. The molecule has 2 aromatic carbocycles. The number of ether oxygens (including phenoxy) is 1. The van der Waals surface area contributed by atoms with Crippen molar-refractivity contribution in [3.8, 4) is 11.3 Å². The van der Waals surface area contributed by atoms with Gasteiger partial charge in [-0.05, 0) is 55.8 Å². The molecule has 1 fully saturated rings. The lowest BCUT2D eigenvalue weighted by Gasteiger charge is -2.22. The fourth-order valence-corrected chi connectivity index (χ4v) is 4.61. The highest BCUT2D eigenvalue weighted by Crippen LogP contribution is 2.30. The van der Waals surface area contributed by atoms with Crippen molar-refractivity contribution in [2.24, 2.45) is 0 Å². The average Bonchev–Trinajstić information content (AvgIpc) is 2.84. The second kappa shape index (κ2) is 11.2. The Labute approximate surface area is 210 Å². The first-order valence-corrected chi connectivity index (χ1v) is 12.1. The molecule has 1 amide bonds. The highest BCUT2D eigenvalue weighted by atomic mass is 79.9. The van der Waals surface area contributed by atoms with E-state index in [4.69, 9.17) is 10.5 Å². The van der Waals surface area contributed by atoms with Crippen molar-refractivity contribution in [2.45, 2.75) is 24.8 Å². The van der Waals surface area contributed by atoms with Crippen molar-refractivity contribution in [2.75, 3.05) is 32.5 Å². The van der Waals surface area contributed by atoms with Gasteiger partial charge in [-0.1, -0.05) is 22.0 Å². The SMILES string of the molecule is CNC[C@@H](NC(=O)c1ccc(-c2nc(C3CCOCC3)cnc2N)cc1F)c1cc(F)cc(Br)c1. The molecule has 1 atom stereocenters. The molecule has 1 aliphatic rings. The third kappa shape index (κ3) is 6.01. The van der Waals surface area contributed by atoms with Gasteiger partial charge in [-0.2, -0.15) is 0 Å². The molecule has 1 saturated heterocycles. The number of carbonyl (C=O) groups excluding carboxylic acids is 1. The number of hydrogen-bond acceptors (Lipinski definition) is 6. The maximum Gasteiger partial charge on any atom is 0.254 e. The second-order valence-electron chi connectivity index (χ2n) is 8.40. The summed E-state index contributed by atoms with van der Waals surface area (Å²) in [6, 6.07) is 8.01. The van der Waals surface area contributed by atoms with Crippen LogP contribution in [0, 0.1) is 11.6 Å². The van der Waals surface area contributed by atoms with E-state index in [-0.39, 0.29) is 17.3 Å². The number of halogens is 3. The van der Waals surface area contributed by atoms with Crippen molar-refractivity contribution in [3.63, 3.8) is 0 Å². The zero-order chi connectivity index (χ0) is 24.9. The van der Waals surface area contributed by atoms with E-state index in [9.17, 15) is 9.18 Å². The molecule has 2 heterocycles. The lowest BCUT2D eigenvalue weighted by molar-refractivity contribution is 0.0844. The van der Waals surface area contributed by atoms with Gasteiger partial charge in [0.25, 0.3) is 5.91 Å². The quantitative estimate of drug-likeness (QED) is 0.408. The fraction of sp³-hybridized carbons (Fsp3) is 0.320. The summed E-state index contributed by atoms with van der Waals surface area (Å²) in [5.41, 5.74) is 8.04. The monoisotopic (exact) mass is 545 g/mol. The standard InChI is InChI=1S/C25H26BrF2N5O2/c1-30-12-21(16-8-17(26)11-18(27)9-16)33-25(34)19-3-2-15(10-20(19)28)23-24(29)31-13-22(32-23)14-4-6-35-7-5-14/h2-3,8-11,13-14,21,30H,4-7,12H2,1H3,(H2,29,31)(H,33,34)/t21-/m1/s1. The van der Waals surface area contributed by atoms with Gasteiger partial charge in [0.2, 0.25) is 0 Å². The minimum absolute atomic E-state index is 0.141. The molecule has 0 unspecified atom stereocenters. The third-order valence-corrected chi connectivity index (χ3v) is 6.40. The number of nitrogen functional groups attached to an aromatic ring is 1. The minimum atomic E-state index is -0.721. The molecule has 3 aromatic rings. The van der Waals surface area contributed by atoms with E-state index in [2.05, 4.69) is 36.5 Å². The van der Waals surface area contributed by atoms with Crippen LogP contribution in [0.3, 0.4) is 0 Å². The van der Waals surface area contributed by atoms with Crippen LogP contribution >= 0.6 is 15.9 Å². The van der Waals surface area contributed by atoms with Gasteiger partial charge in [-0.3, -0.25) is 4.79 Å². The van der Waals surface area contributed by atoms with Crippen molar-refractivity contribution >= 4 is 27.7 Å². The Morgan fingerprint density at radius 1 is 1.23 bits per heavy atom. The summed E-state index contributed by atoms with van der Waals surface area (Å²) in [6.45, 7) is 1.64. The highest BCUT2D eigenvalue weighted by molar-refractivity contribution is 9.10. The van der Waals surface area contributed by atoms with E-state index < -0.39 is 23.6 Å². The summed E-state index contributed by atoms with van der Waals surface area (Å²) in [4.78, 5) is 21.8. The Morgan fingerprint density at radius 2 is 2.00 bits per heavy atom. The molecule has 10 heteroatoms. The Hall–Kier alpha value is -2.95. The number of anilines is 1. The van der Waals surface area contributed by atoms with E-state index >= 15 is 4.39 Å². The van der Waals surface area contributed by atoms with E-state index in [0.717, 1.165) is 18.5 Å². The molecule has 4 rings (SSSR count). The Kier molecular flexibility index (Phi) is 8.04. The van der Waals surface area contributed by atoms with Crippen molar-refractivity contribution in [1.29, 1.82) is 0 Å². The Bertz CT molecular complexity index is 1200. The average molecular weight is 546 g/mol. The van der Waals surface area contributed by atoms with Crippen molar-refractivity contribution in [1.82, 2.24) is 20.6 Å². The number of nitrogens with one attached hydrogen (secondary N) is 2. The molecule has 0 spiro atoms. The third-order valence-electron chi connectivity index (χ3n) is 5.95. The number of carbonyl (C=O) groups is 1. The van der Waals surface area contributed by atoms with Crippen LogP contribution in [0.15, 0.2) is 47.1 Å². The van der Waals surface area contributed by atoms with Crippen LogP contribution in [0.1, 0.15) is 46.4 Å². The number of nitrogens with two attached hydrogens (primary N) is 1. The topological polar surface area (TPSA) is 102 Å². The summed E-state index contributed by atoms with van der Waals surface area (Å²) >= 11 is 3.26. The molecule has 0 bridgehead atoms. The van der Waals surface area contributed by atoms with Crippen LogP contribution in [0.5, 0.6) is 0 Å². The largest absolute Gasteiger partial charge is 0.382 e. The van der Waals surface area contributed by atoms with Crippen LogP contribution in [-0.4, -0.2) is 42.7 Å². The maximum atomic E-state index is 15.1. The zero-order valence-electron chi connectivity index (χ0n) is 19.2. The number of hydrogen-bond donors (Lipinski definition) is 3. The lowest BCUT2D eigenvalue weighted by Crippen LogP contribution is -2.35. The molecule has 0 aliphatic carbocycles. The lowest BCUT2D eigenvalue weighted by atomic mass is 9.96. The van der Waals surface area contributed by atoms with Gasteiger partial charge < -0.3 is 21.1 Å². The number of benzene rings is 2. The molecule has 1 aliphatic heterocycles. The van der Waals surface area contributed by atoms with Gasteiger partial charge in [-0.15, -0.1) is 0 Å². The number of likely N-dealkylation sites (N-methyl/N-ethyl adjacent to an activating group) is 1. The van der Waals surface area contributed by atoms with Crippen LogP contribution in [-0.2, 0) is 4.74 Å². The highest BCUT2D eigenvalue weighted by Gasteiger charge is 2.22. The minimum Gasteiger partial charge on any atom is -0.382 e. The summed E-state index contributed by atoms with van der Waals surface area (Å²) in [5.74, 6) is -1.39. The molecule has 0 saturated carbocycles. The van der Waals surface area contributed by atoms with Crippen LogP contribution in [0.4, 0.5) is 14.6 Å². The van der Waals surface area contributed by atoms with E-state index in [1.165, 1.54) is 24.3 Å². The smallest absolute Gasteiger partial charge is 0.254 e. The van der Waals surface area contributed by atoms with Gasteiger partial charge >= 0.3 is 0 Å².